The van der Waals surface area contributed by atoms with Crippen molar-refractivity contribution < 1.29 is 0 Å². The van der Waals surface area contributed by atoms with Crippen LogP contribution in [0, 0.1) is 0 Å². The van der Waals surface area contributed by atoms with E-state index < -0.39 is 0 Å². The van der Waals surface area contributed by atoms with E-state index in [4.69, 9.17) is 0 Å². The van der Waals surface area contributed by atoms with Crippen LogP contribution in [0.2, 0.25) is 12.1 Å². The van der Waals surface area contributed by atoms with Crippen LogP contribution in [-0.2, 0) is 12.8 Å². The molecule has 0 heterocycles. The van der Waals surface area contributed by atoms with E-state index in [9.17, 15) is 0 Å². The first-order chi connectivity index (χ1) is 13.1. The molecule has 2 atom stereocenters. The van der Waals surface area contributed by atoms with E-state index >= 15 is 0 Å². The van der Waals surface area contributed by atoms with Crippen molar-refractivity contribution in [2.24, 2.45) is 0 Å². The molecule has 4 rings (SSSR count). The summed E-state index contributed by atoms with van der Waals surface area (Å²) in [7, 11) is 1.01. The first-order valence-corrected chi connectivity index (χ1v) is 11.9. The van der Waals surface area contributed by atoms with E-state index in [0.717, 1.165) is 22.4 Å². The molecule has 0 nitrogen and oxygen atoms in total. The van der Waals surface area contributed by atoms with Gasteiger partial charge in [0.2, 0.25) is 0 Å². The van der Waals surface area contributed by atoms with Crippen molar-refractivity contribution in [1.29, 1.82) is 0 Å². The van der Waals surface area contributed by atoms with E-state index in [-0.39, 0.29) is 0 Å². The molecule has 0 bridgehead atoms. The molecular formula is C26H30Si. The standard InChI is InChI=1S/C26H30Si/c1-5-19-9-7-11-21-23(19)13-17(3)25(21)15-27-16-26-18(4)14-24-20(6-2)10-8-12-22(24)26/h7-14,25-26H,5-6,15-16H2,1-4H3. The van der Waals surface area contributed by atoms with Gasteiger partial charge in [0, 0.05) is 21.4 Å². The number of hydrogen-bond donors (Lipinski definition) is 0. The molecule has 0 spiro atoms. The third kappa shape index (κ3) is 3.27. The number of rotatable bonds is 6. The second-order valence-corrected chi connectivity index (χ2v) is 9.40. The van der Waals surface area contributed by atoms with Crippen LogP contribution < -0.4 is 0 Å². The Labute approximate surface area is 167 Å². The van der Waals surface area contributed by atoms with Gasteiger partial charge in [-0.2, -0.15) is 0 Å². The molecule has 0 aliphatic heterocycles. The van der Waals surface area contributed by atoms with Crippen LogP contribution in [0.4, 0.5) is 0 Å². The van der Waals surface area contributed by atoms with Gasteiger partial charge in [-0.3, -0.25) is 0 Å². The number of benzene rings is 2. The molecule has 0 N–H and O–H groups in total. The summed E-state index contributed by atoms with van der Waals surface area (Å²) < 4.78 is 0. The normalized spacial score (nSPS) is 20.3. The summed E-state index contributed by atoms with van der Waals surface area (Å²) >= 11 is 0. The van der Waals surface area contributed by atoms with Gasteiger partial charge in [0.1, 0.15) is 0 Å². The fourth-order valence-corrected chi connectivity index (χ4v) is 6.73. The van der Waals surface area contributed by atoms with Crippen molar-refractivity contribution in [3.05, 3.63) is 80.9 Å². The van der Waals surface area contributed by atoms with Gasteiger partial charge >= 0.3 is 0 Å². The summed E-state index contributed by atoms with van der Waals surface area (Å²) in [5.74, 6) is 1.27. The minimum Gasteiger partial charge on any atom is -0.0655 e. The quantitative estimate of drug-likeness (QED) is 0.478. The Hall–Kier alpha value is -1.86. The summed E-state index contributed by atoms with van der Waals surface area (Å²) in [5, 5.41) is 0. The summed E-state index contributed by atoms with van der Waals surface area (Å²) in [6, 6.07) is 16.4. The minimum absolute atomic E-state index is 0.636. The van der Waals surface area contributed by atoms with Crippen LogP contribution >= 0.6 is 0 Å². The second kappa shape index (κ2) is 7.64. The van der Waals surface area contributed by atoms with Crippen molar-refractivity contribution in [2.45, 2.75) is 64.5 Å². The van der Waals surface area contributed by atoms with Crippen LogP contribution in [0.15, 0.2) is 47.5 Å². The monoisotopic (exact) mass is 370 g/mol. The topological polar surface area (TPSA) is 0 Å². The zero-order chi connectivity index (χ0) is 19.0. The largest absolute Gasteiger partial charge is 0.0655 e. The Morgan fingerprint density at radius 2 is 1.15 bits per heavy atom. The molecule has 2 radical (unpaired) electrons. The molecule has 2 aliphatic carbocycles. The van der Waals surface area contributed by atoms with Crippen LogP contribution in [0.5, 0.6) is 0 Å². The van der Waals surface area contributed by atoms with Crippen molar-refractivity contribution >= 4 is 21.7 Å². The van der Waals surface area contributed by atoms with E-state index in [2.05, 4.69) is 76.2 Å². The zero-order valence-corrected chi connectivity index (χ0v) is 18.1. The molecule has 2 aromatic carbocycles. The molecular weight excluding hydrogens is 340 g/mol. The van der Waals surface area contributed by atoms with Crippen molar-refractivity contribution in [1.82, 2.24) is 0 Å². The molecule has 0 saturated carbocycles. The molecule has 1 heteroatoms. The molecule has 2 unspecified atom stereocenters. The van der Waals surface area contributed by atoms with Gasteiger partial charge in [-0.05, 0) is 60.1 Å². The highest BCUT2D eigenvalue weighted by atomic mass is 28.2. The average Bonchev–Trinajstić information content (AvgIpc) is 3.18. The van der Waals surface area contributed by atoms with Crippen LogP contribution in [0.1, 0.15) is 72.9 Å². The third-order valence-electron chi connectivity index (χ3n) is 6.51. The lowest BCUT2D eigenvalue weighted by molar-refractivity contribution is 0.873. The highest BCUT2D eigenvalue weighted by Crippen LogP contribution is 2.43. The fraction of sp³-hybridized carbons (Fsp3) is 0.385. The Balaban J connectivity index is 1.47. The third-order valence-corrected chi connectivity index (χ3v) is 7.91. The minimum atomic E-state index is 0.636. The smallest absolute Gasteiger partial charge is 0.0397 e. The molecule has 0 fully saturated rings. The molecule has 27 heavy (non-hydrogen) atoms. The van der Waals surface area contributed by atoms with Gasteiger partial charge < -0.3 is 0 Å². The first-order valence-electron chi connectivity index (χ1n) is 10.4. The van der Waals surface area contributed by atoms with E-state index in [1.807, 2.05) is 0 Å². The number of aryl methyl sites for hydroxylation is 2. The van der Waals surface area contributed by atoms with Gasteiger partial charge in [-0.25, -0.2) is 0 Å². The maximum absolute atomic E-state index is 2.45. The Morgan fingerprint density at radius 3 is 1.56 bits per heavy atom. The molecule has 2 aromatic rings. The molecule has 0 aromatic heterocycles. The number of allylic oxidation sites excluding steroid dienone is 2. The van der Waals surface area contributed by atoms with E-state index in [0.29, 0.717) is 11.8 Å². The van der Waals surface area contributed by atoms with Crippen molar-refractivity contribution in [3.8, 4) is 0 Å². The van der Waals surface area contributed by atoms with E-state index in [1.54, 1.807) is 22.3 Å². The van der Waals surface area contributed by atoms with Gasteiger partial charge in [0.25, 0.3) is 0 Å². The Bertz CT molecular complexity index is 840. The van der Waals surface area contributed by atoms with Gasteiger partial charge in [0.05, 0.1) is 0 Å². The summed E-state index contributed by atoms with van der Waals surface area (Å²) in [6.07, 6.45) is 7.16. The van der Waals surface area contributed by atoms with Gasteiger partial charge in [-0.15, -0.1) is 0 Å². The number of fused-ring (bicyclic) bond motifs is 2. The first kappa shape index (κ1) is 18.5. The molecule has 0 amide bonds. The molecule has 0 saturated heterocycles. The Kier molecular flexibility index (Phi) is 5.23. The zero-order valence-electron chi connectivity index (χ0n) is 17.1. The summed E-state index contributed by atoms with van der Waals surface area (Å²) in [4.78, 5) is 0. The van der Waals surface area contributed by atoms with Crippen LogP contribution in [0.3, 0.4) is 0 Å². The second-order valence-electron chi connectivity index (χ2n) is 8.09. The summed E-state index contributed by atoms with van der Waals surface area (Å²) in [5.41, 5.74) is 12.3. The van der Waals surface area contributed by atoms with Crippen LogP contribution in [-0.4, -0.2) is 9.52 Å². The lowest BCUT2D eigenvalue weighted by Crippen LogP contribution is -2.07. The van der Waals surface area contributed by atoms with Gasteiger partial charge in [0.15, 0.2) is 0 Å². The van der Waals surface area contributed by atoms with Gasteiger partial charge in [-0.1, -0.05) is 85.6 Å². The average molecular weight is 371 g/mol. The lowest BCUT2D eigenvalue weighted by atomic mass is 9.95. The highest BCUT2D eigenvalue weighted by molar-refractivity contribution is 6.36. The Morgan fingerprint density at radius 1 is 0.704 bits per heavy atom. The predicted octanol–water partition coefficient (Wildman–Crippen LogP) is 7.05. The van der Waals surface area contributed by atoms with Crippen LogP contribution in [0.25, 0.3) is 12.2 Å². The molecule has 138 valence electrons. The van der Waals surface area contributed by atoms with Crippen molar-refractivity contribution in [2.75, 3.05) is 0 Å². The maximum atomic E-state index is 2.45. The lowest BCUT2D eigenvalue weighted by Gasteiger charge is -2.18. The SMILES string of the molecule is CCc1cccc2c1C=C(C)C2C[Si]CC1C(C)=Cc2c(CC)cccc21. The van der Waals surface area contributed by atoms with Crippen molar-refractivity contribution in [3.63, 3.8) is 0 Å². The summed E-state index contributed by atoms with van der Waals surface area (Å²) in [6.45, 7) is 9.20. The maximum Gasteiger partial charge on any atom is 0.0397 e. The highest BCUT2D eigenvalue weighted by Gasteiger charge is 2.27. The predicted molar refractivity (Wildman–Crippen MR) is 120 cm³/mol. The molecule has 2 aliphatic rings. The fourth-order valence-electron chi connectivity index (χ4n) is 4.90. The number of hydrogen-bond acceptors (Lipinski definition) is 0. The van der Waals surface area contributed by atoms with E-state index in [1.165, 1.54) is 34.3 Å².